The predicted molar refractivity (Wildman–Crippen MR) is 316 cm³/mol. The van der Waals surface area contributed by atoms with Crippen molar-refractivity contribution in [2.45, 2.75) is 353 Å². The Morgan fingerprint density at radius 2 is 0.753 bits per heavy atom. The van der Waals surface area contributed by atoms with E-state index in [0.29, 0.717) is 23.9 Å². The monoisotopic (exact) mass is 1050 g/mol. The molecular formula is C64H129N2O6P. The number of carbonyl (C=O) groups is 1. The lowest BCUT2D eigenvalue weighted by atomic mass is 10.0. The summed E-state index contributed by atoms with van der Waals surface area (Å²) in [5.41, 5.74) is 0. The number of phosphoric acid groups is 1. The van der Waals surface area contributed by atoms with Gasteiger partial charge < -0.3 is 28.8 Å². The lowest BCUT2D eigenvalue weighted by molar-refractivity contribution is -0.870. The zero-order valence-corrected chi connectivity index (χ0v) is 50.8. The average molecular weight is 1050 g/mol. The molecule has 0 fully saturated rings. The van der Waals surface area contributed by atoms with Gasteiger partial charge in [0, 0.05) is 6.42 Å². The largest absolute Gasteiger partial charge is 0.756 e. The molecule has 2 N–H and O–H groups in total. The summed E-state index contributed by atoms with van der Waals surface area (Å²) in [5.74, 6) is -0.156. The number of carbonyl (C=O) groups excluding carboxylic acids is 1. The second kappa shape index (κ2) is 56.0. The normalized spacial score (nSPS) is 13.8. The van der Waals surface area contributed by atoms with Crippen LogP contribution in [0.15, 0.2) is 12.2 Å². The second-order valence-electron chi connectivity index (χ2n) is 23.8. The predicted octanol–water partition coefficient (Wildman–Crippen LogP) is 19.5. The summed E-state index contributed by atoms with van der Waals surface area (Å²) in [5, 5.41) is 14.1. The Balaban J connectivity index is 4.04. The Morgan fingerprint density at radius 1 is 0.466 bits per heavy atom. The van der Waals surface area contributed by atoms with Gasteiger partial charge in [-0.25, -0.2) is 0 Å². The van der Waals surface area contributed by atoms with E-state index in [1.54, 1.807) is 0 Å². The number of phosphoric ester groups is 1. The van der Waals surface area contributed by atoms with E-state index in [4.69, 9.17) is 9.05 Å². The first-order valence-corrected chi connectivity index (χ1v) is 34.0. The van der Waals surface area contributed by atoms with Crippen molar-refractivity contribution >= 4 is 13.7 Å². The van der Waals surface area contributed by atoms with E-state index >= 15 is 0 Å². The molecule has 0 aliphatic carbocycles. The quantitative estimate of drug-likeness (QED) is 0.0272. The molecule has 9 heteroatoms. The number of allylic oxidation sites excluding steroid dienone is 2. The maximum atomic E-state index is 13.0. The van der Waals surface area contributed by atoms with E-state index in [2.05, 4.69) is 31.3 Å². The van der Waals surface area contributed by atoms with Gasteiger partial charge in [-0.1, -0.05) is 309 Å². The van der Waals surface area contributed by atoms with Crippen molar-refractivity contribution in [3.63, 3.8) is 0 Å². The molecular weight excluding hydrogens is 924 g/mol. The van der Waals surface area contributed by atoms with Gasteiger partial charge in [-0.2, -0.15) is 0 Å². The fourth-order valence-corrected chi connectivity index (χ4v) is 10.9. The van der Waals surface area contributed by atoms with E-state index in [1.807, 2.05) is 21.1 Å². The highest BCUT2D eigenvalue weighted by molar-refractivity contribution is 7.45. The highest BCUT2D eigenvalue weighted by Crippen LogP contribution is 2.38. The lowest BCUT2D eigenvalue weighted by Crippen LogP contribution is -2.46. The van der Waals surface area contributed by atoms with Gasteiger partial charge in [0.15, 0.2) is 0 Å². The van der Waals surface area contributed by atoms with E-state index in [1.165, 1.54) is 276 Å². The number of likely N-dealkylation sites (N-methyl/N-ethyl adjacent to an activating group) is 1. The van der Waals surface area contributed by atoms with Crippen molar-refractivity contribution in [3.8, 4) is 0 Å². The molecule has 0 saturated heterocycles. The third-order valence-electron chi connectivity index (χ3n) is 15.3. The molecule has 0 bridgehead atoms. The van der Waals surface area contributed by atoms with Crippen molar-refractivity contribution in [2.24, 2.45) is 0 Å². The van der Waals surface area contributed by atoms with Crippen LogP contribution in [0.3, 0.4) is 0 Å². The Morgan fingerprint density at radius 3 is 1.07 bits per heavy atom. The molecule has 0 rings (SSSR count). The van der Waals surface area contributed by atoms with Crippen LogP contribution in [0.1, 0.15) is 341 Å². The SMILES string of the molecule is CCCCCCCCCC/C=C\CCCCCCCCCCCCCCCCCCCC(=O)NC(COP(=O)([O-])OCC[N+](C)(C)C)C(O)CCCCCCCCCCCCCCCCCCCCCCCC. The fraction of sp³-hybridized carbons (Fsp3) is 0.953. The number of hydrogen-bond acceptors (Lipinski definition) is 6. The number of aliphatic hydroxyl groups excluding tert-OH is 1. The summed E-state index contributed by atoms with van der Waals surface area (Å²) in [6.07, 6.45) is 69.8. The summed E-state index contributed by atoms with van der Waals surface area (Å²) >= 11 is 0. The van der Waals surface area contributed by atoms with Crippen molar-refractivity contribution < 1.29 is 32.9 Å². The number of hydrogen-bond donors (Lipinski definition) is 2. The van der Waals surface area contributed by atoms with Gasteiger partial charge in [0.2, 0.25) is 5.91 Å². The van der Waals surface area contributed by atoms with Gasteiger partial charge in [-0.05, 0) is 38.5 Å². The highest BCUT2D eigenvalue weighted by Gasteiger charge is 2.24. The smallest absolute Gasteiger partial charge is 0.268 e. The minimum Gasteiger partial charge on any atom is -0.756 e. The molecule has 0 aromatic heterocycles. The van der Waals surface area contributed by atoms with Crippen molar-refractivity contribution in [2.75, 3.05) is 40.9 Å². The molecule has 436 valence electrons. The minimum absolute atomic E-state index is 0.0156. The zero-order valence-electron chi connectivity index (χ0n) is 49.9. The summed E-state index contributed by atoms with van der Waals surface area (Å²) in [4.78, 5) is 25.6. The second-order valence-corrected chi connectivity index (χ2v) is 25.2. The summed E-state index contributed by atoms with van der Waals surface area (Å²) < 4.78 is 23.5. The molecule has 1 amide bonds. The molecule has 73 heavy (non-hydrogen) atoms. The van der Waals surface area contributed by atoms with Gasteiger partial charge in [0.25, 0.3) is 7.82 Å². The van der Waals surface area contributed by atoms with Gasteiger partial charge in [0.1, 0.15) is 13.2 Å². The molecule has 0 aromatic carbocycles. The number of quaternary nitrogens is 1. The summed E-state index contributed by atoms with van der Waals surface area (Å²) in [6.45, 7) is 4.78. The Labute approximate surface area is 456 Å². The van der Waals surface area contributed by atoms with Crippen LogP contribution in [0, 0.1) is 0 Å². The van der Waals surface area contributed by atoms with Crippen LogP contribution in [-0.2, 0) is 18.4 Å². The minimum atomic E-state index is -4.57. The van der Waals surface area contributed by atoms with Crippen LogP contribution in [0.2, 0.25) is 0 Å². The number of nitrogens with zero attached hydrogens (tertiary/aromatic N) is 1. The molecule has 0 heterocycles. The van der Waals surface area contributed by atoms with Crippen LogP contribution in [0.25, 0.3) is 0 Å². The Bertz CT molecular complexity index is 1200. The first-order valence-electron chi connectivity index (χ1n) is 32.5. The van der Waals surface area contributed by atoms with E-state index in [0.717, 1.165) is 38.5 Å². The van der Waals surface area contributed by atoms with Gasteiger partial charge in [-0.3, -0.25) is 9.36 Å². The fourth-order valence-electron chi connectivity index (χ4n) is 10.2. The summed E-state index contributed by atoms with van der Waals surface area (Å²) in [7, 11) is 1.32. The maximum Gasteiger partial charge on any atom is 0.268 e. The van der Waals surface area contributed by atoms with Gasteiger partial charge in [-0.15, -0.1) is 0 Å². The zero-order chi connectivity index (χ0) is 53.5. The Hall–Kier alpha value is -0.760. The van der Waals surface area contributed by atoms with E-state index in [-0.39, 0.29) is 19.1 Å². The lowest BCUT2D eigenvalue weighted by Gasteiger charge is -2.30. The van der Waals surface area contributed by atoms with Crippen LogP contribution in [0.4, 0.5) is 0 Å². The maximum absolute atomic E-state index is 13.0. The van der Waals surface area contributed by atoms with Crippen LogP contribution in [-0.4, -0.2) is 68.5 Å². The molecule has 3 atom stereocenters. The standard InChI is InChI=1S/C64H129N2O6P/c1-6-8-10-12-14-16-18-20-22-24-26-28-30-31-32-33-34-35-36-38-40-42-44-46-48-50-52-54-56-58-64(68)65-62(61-72-73(69,70)71-60-59-66(3,4)5)63(67)57-55-53-51-49-47-45-43-41-39-37-29-27-25-23-21-19-17-15-13-11-9-7-2/h24,26,62-63,67H,6-23,25,27-61H2,1-5H3,(H-,65,68,69,70)/b26-24-. The topological polar surface area (TPSA) is 108 Å². The average Bonchev–Trinajstić information content (AvgIpc) is 3.35. The molecule has 0 aliphatic rings. The Kier molecular flexibility index (Phi) is 55.4. The first kappa shape index (κ1) is 72.2. The number of aliphatic hydroxyl groups is 1. The number of nitrogens with one attached hydrogen (secondary N) is 1. The molecule has 0 aromatic rings. The molecule has 0 aliphatic heterocycles. The van der Waals surface area contributed by atoms with E-state index in [9.17, 15) is 19.4 Å². The molecule has 8 nitrogen and oxygen atoms in total. The highest BCUT2D eigenvalue weighted by atomic mass is 31.2. The molecule has 3 unspecified atom stereocenters. The van der Waals surface area contributed by atoms with Gasteiger partial charge in [0.05, 0.1) is 39.9 Å². The van der Waals surface area contributed by atoms with Gasteiger partial charge >= 0.3 is 0 Å². The summed E-state index contributed by atoms with van der Waals surface area (Å²) in [6, 6.07) is -0.798. The van der Waals surface area contributed by atoms with Crippen molar-refractivity contribution in [3.05, 3.63) is 12.2 Å². The van der Waals surface area contributed by atoms with Crippen LogP contribution >= 0.6 is 7.82 Å². The first-order chi connectivity index (χ1) is 35.5. The van der Waals surface area contributed by atoms with Crippen LogP contribution < -0.4 is 10.2 Å². The molecule has 0 saturated carbocycles. The molecule has 0 radical (unpaired) electrons. The third-order valence-corrected chi connectivity index (χ3v) is 16.2. The number of amides is 1. The van der Waals surface area contributed by atoms with Crippen molar-refractivity contribution in [1.29, 1.82) is 0 Å². The number of unbranched alkanes of at least 4 members (excludes halogenated alkanes) is 46. The molecule has 0 spiro atoms. The third kappa shape index (κ3) is 58.8. The van der Waals surface area contributed by atoms with Crippen molar-refractivity contribution in [1.82, 2.24) is 5.32 Å². The number of rotatable bonds is 61. The van der Waals surface area contributed by atoms with Crippen LogP contribution in [0.5, 0.6) is 0 Å². The van der Waals surface area contributed by atoms with E-state index < -0.39 is 20.0 Å².